The van der Waals surface area contributed by atoms with Gasteiger partial charge in [-0.25, -0.2) is 0 Å². The molecular weight excluding hydrogens is 218 g/mol. The Balaban J connectivity index is 2.23. The Morgan fingerprint density at radius 1 is 1.38 bits per heavy atom. The van der Waals surface area contributed by atoms with Gasteiger partial charge in [0.25, 0.3) is 0 Å². The van der Waals surface area contributed by atoms with Crippen molar-refractivity contribution in [3.63, 3.8) is 0 Å². The lowest BCUT2D eigenvalue weighted by atomic mass is 9.80. The highest BCUT2D eigenvalue weighted by atomic mass is 32.2. The van der Waals surface area contributed by atoms with Crippen LogP contribution in [0.1, 0.15) is 46.5 Å². The van der Waals surface area contributed by atoms with Crippen LogP contribution in [0.25, 0.3) is 0 Å². The van der Waals surface area contributed by atoms with Crippen molar-refractivity contribution in [1.29, 1.82) is 0 Å². The van der Waals surface area contributed by atoms with Crippen molar-refractivity contribution in [2.24, 2.45) is 11.8 Å². The highest BCUT2D eigenvalue weighted by Gasteiger charge is 2.24. The van der Waals surface area contributed by atoms with Crippen molar-refractivity contribution >= 4 is 10.8 Å². The maximum Gasteiger partial charge on any atom is 0.0329 e. The predicted octanol–water partition coefficient (Wildman–Crippen LogP) is 2.56. The monoisotopic (exact) mass is 245 g/mol. The summed E-state index contributed by atoms with van der Waals surface area (Å²) in [7, 11) is -0.672. The molecular formula is C13H27NOS. The van der Waals surface area contributed by atoms with Crippen molar-refractivity contribution in [2.45, 2.75) is 57.7 Å². The topological polar surface area (TPSA) is 29.1 Å². The number of rotatable bonds is 5. The van der Waals surface area contributed by atoms with Crippen LogP contribution in [0.2, 0.25) is 0 Å². The van der Waals surface area contributed by atoms with E-state index in [0.717, 1.165) is 24.8 Å². The van der Waals surface area contributed by atoms with Gasteiger partial charge < -0.3 is 5.32 Å². The van der Waals surface area contributed by atoms with Gasteiger partial charge in [-0.15, -0.1) is 0 Å². The van der Waals surface area contributed by atoms with Gasteiger partial charge >= 0.3 is 0 Å². The van der Waals surface area contributed by atoms with Crippen LogP contribution >= 0.6 is 0 Å². The third-order valence-corrected chi connectivity index (χ3v) is 5.35. The summed E-state index contributed by atoms with van der Waals surface area (Å²) in [6, 6.07) is 0.682. The zero-order valence-corrected chi connectivity index (χ0v) is 12.0. The molecule has 16 heavy (non-hydrogen) atoms. The number of hydrogen-bond acceptors (Lipinski definition) is 2. The third-order valence-electron chi connectivity index (χ3n) is 3.98. The molecule has 0 aromatic heterocycles. The molecule has 1 aliphatic rings. The highest BCUT2D eigenvalue weighted by Crippen LogP contribution is 2.28. The van der Waals surface area contributed by atoms with Crippen LogP contribution in [0, 0.1) is 11.8 Å². The summed E-state index contributed by atoms with van der Waals surface area (Å²) in [4.78, 5) is 0. The Labute approximate surface area is 103 Å². The van der Waals surface area contributed by atoms with E-state index in [2.05, 4.69) is 26.1 Å². The van der Waals surface area contributed by atoms with Crippen molar-refractivity contribution in [3.8, 4) is 0 Å². The Morgan fingerprint density at radius 2 is 2.06 bits per heavy atom. The number of nitrogens with one attached hydrogen (secondary N) is 1. The lowest BCUT2D eigenvalue weighted by Crippen LogP contribution is -2.40. The van der Waals surface area contributed by atoms with Crippen LogP contribution in [0.4, 0.5) is 0 Å². The van der Waals surface area contributed by atoms with Crippen LogP contribution < -0.4 is 5.32 Å². The average molecular weight is 245 g/mol. The molecule has 96 valence electrons. The SMILES string of the molecule is CC1CCC(C)C(NCCC(C)S(C)=O)C1. The molecule has 0 aliphatic heterocycles. The van der Waals surface area contributed by atoms with Gasteiger partial charge in [0.05, 0.1) is 0 Å². The maximum absolute atomic E-state index is 11.2. The van der Waals surface area contributed by atoms with Gasteiger partial charge in [-0.2, -0.15) is 0 Å². The summed E-state index contributed by atoms with van der Waals surface area (Å²) >= 11 is 0. The normalized spacial score (nSPS) is 34.6. The lowest BCUT2D eigenvalue weighted by Gasteiger charge is -2.33. The van der Waals surface area contributed by atoms with Gasteiger partial charge in [-0.1, -0.05) is 27.2 Å². The molecule has 1 fully saturated rings. The first kappa shape index (κ1) is 14.2. The van der Waals surface area contributed by atoms with E-state index >= 15 is 0 Å². The highest BCUT2D eigenvalue weighted by molar-refractivity contribution is 7.84. The van der Waals surface area contributed by atoms with E-state index < -0.39 is 10.8 Å². The molecule has 0 saturated heterocycles. The molecule has 5 atom stereocenters. The zero-order chi connectivity index (χ0) is 12.1. The average Bonchev–Trinajstić information content (AvgIpc) is 2.22. The first-order valence-corrected chi connectivity index (χ1v) is 8.18. The second-order valence-corrected chi connectivity index (χ2v) is 7.36. The minimum atomic E-state index is -0.672. The number of hydrogen-bond donors (Lipinski definition) is 1. The molecule has 0 radical (unpaired) electrons. The molecule has 0 aromatic carbocycles. The second-order valence-electron chi connectivity index (χ2n) is 5.55. The van der Waals surface area contributed by atoms with E-state index in [9.17, 15) is 4.21 Å². The summed E-state index contributed by atoms with van der Waals surface area (Å²) < 4.78 is 11.2. The second kappa shape index (κ2) is 6.75. The fourth-order valence-corrected chi connectivity index (χ4v) is 2.90. The van der Waals surface area contributed by atoms with Crippen molar-refractivity contribution < 1.29 is 4.21 Å². The van der Waals surface area contributed by atoms with Crippen molar-refractivity contribution in [1.82, 2.24) is 5.32 Å². The van der Waals surface area contributed by atoms with Crippen molar-refractivity contribution in [3.05, 3.63) is 0 Å². The van der Waals surface area contributed by atoms with Gasteiger partial charge in [0, 0.05) is 28.3 Å². The summed E-state index contributed by atoms with van der Waals surface area (Å²) in [5.41, 5.74) is 0. The minimum absolute atomic E-state index is 0.323. The van der Waals surface area contributed by atoms with Gasteiger partial charge in [0.1, 0.15) is 0 Å². The molecule has 0 aromatic rings. The molecule has 1 saturated carbocycles. The van der Waals surface area contributed by atoms with Crippen LogP contribution in [0.5, 0.6) is 0 Å². The van der Waals surface area contributed by atoms with E-state index in [1.54, 1.807) is 6.26 Å². The minimum Gasteiger partial charge on any atom is -0.314 e. The van der Waals surface area contributed by atoms with E-state index in [0.29, 0.717) is 11.3 Å². The fraction of sp³-hybridized carbons (Fsp3) is 1.00. The Morgan fingerprint density at radius 3 is 2.69 bits per heavy atom. The summed E-state index contributed by atoms with van der Waals surface area (Å²) in [6.07, 6.45) is 6.88. The van der Waals surface area contributed by atoms with Gasteiger partial charge in [-0.05, 0) is 37.6 Å². The van der Waals surface area contributed by atoms with Crippen LogP contribution in [-0.2, 0) is 10.8 Å². The fourth-order valence-electron chi connectivity index (χ4n) is 2.45. The molecule has 1 rings (SSSR count). The summed E-state index contributed by atoms with van der Waals surface area (Å²) in [5, 5.41) is 3.98. The van der Waals surface area contributed by atoms with Crippen LogP contribution in [-0.4, -0.2) is 28.3 Å². The summed E-state index contributed by atoms with van der Waals surface area (Å²) in [5.74, 6) is 1.67. The van der Waals surface area contributed by atoms with E-state index in [1.165, 1.54) is 19.3 Å². The molecule has 0 amide bonds. The smallest absolute Gasteiger partial charge is 0.0329 e. The predicted molar refractivity (Wildman–Crippen MR) is 72.1 cm³/mol. The molecule has 2 nitrogen and oxygen atoms in total. The molecule has 3 heteroatoms. The molecule has 5 unspecified atom stereocenters. The van der Waals surface area contributed by atoms with Crippen molar-refractivity contribution in [2.75, 3.05) is 12.8 Å². The quantitative estimate of drug-likeness (QED) is 0.806. The summed E-state index contributed by atoms with van der Waals surface area (Å²) in [6.45, 7) is 7.79. The van der Waals surface area contributed by atoms with Gasteiger partial charge in [0.15, 0.2) is 0 Å². The lowest BCUT2D eigenvalue weighted by molar-refractivity contribution is 0.228. The van der Waals surface area contributed by atoms with Crippen LogP contribution in [0.3, 0.4) is 0 Å². The zero-order valence-electron chi connectivity index (χ0n) is 11.2. The molecule has 0 spiro atoms. The van der Waals surface area contributed by atoms with E-state index in [4.69, 9.17) is 0 Å². The molecule has 0 heterocycles. The standard InChI is InChI=1S/C13H27NOS/c1-10-5-6-11(2)13(9-10)14-8-7-12(3)16(4)15/h10-14H,5-9H2,1-4H3. The van der Waals surface area contributed by atoms with E-state index in [1.807, 2.05) is 0 Å². The Bertz CT molecular complexity index is 232. The first-order chi connectivity index (χ1) is 7.50. The Kier molecular flexibility index (Phi) is 5.98. The van der Waals surface area contributed by atoms with Gasteiger partial charge in [0.2, 0.25) is 0 Å². The maximum atomic E-state index is 11.2. The third kappa shape index (κ3) is 4.54. The largest absolute Gasteiger partial charge is 0.314 e. The molecule has 1 N–H and O–H groups in total. The van der Waals surface area contributed by atoms with E-state index in [-0.39, 0.29) is 0 Å². The van der Waals surface area contributed by atoms with Gasteiger partial charge in [-0.3, -0.25) is 4.21 Å². The van der Waals surface area contributed by atoms with Crippen LogP contribution in [0.15, 0.2) is 0 Å². The molecule has 1 aliphatic carbocycles. The molecule has 0 bridgehead atoms. The Hall–Kier alpha value is 0.110. The first-order valence-electron chi connectivity index (χ1n) is 6.56.